The standard InChI is InChI=1S/C18H26N2O2/c1-18(2,3)15-7-5-14(6-8-15)17(22)20-11-9-13(10-12-20)16(21)19-4/h5-8,13H,9-12H2,1-4H3,(H,19,21). The maximum atomic E-state index is 12.5. The SMILES string of the molecule is CNC(=O)C1CCN(C(=O)c2ccc(C(C)(C)C)cc2)CC1. The van der Waals surface area contributed by atoms with Crippen molar-refractivity contribution in [2.24, 2.45) is 5.92 Å². The Kier molecular flexibility index (Phi) is 4.89. The van der Waals surface area contributed by atoms with E-state index in [1.165, 1.54) is 5.56 Å². The summed E-state index contributed by atoms with van der Waals surface area (Å²) in [6, 6.07) is 7.89. The molecule has 1 heterocycles. The van der Waals surface area contributed by atoms with Gasteiger partial charge in [0.25, 0.3) is 5.91 Å². The van der Waals surface area contributed by atoms with Crippen molar-refractivity contribution in [2.45, 2.75) is 39.0 Å². The maximum Gasteiger partial charge on any atom is 0.253 e. The second-order valence-corrected chi connectivity index (χ2v) is 7.01. The Morgan fingerprint density at radius 3 is 2.09 bits per heavy atom. The van der Waals surface area contributed by atoms with Crippen molar-refractivity contribution >= 4 is 11.8 Å². The van der Waals surface area contributed by atoms with Crippen LogP contribution in [0.2, 0.25) is 0 Å². The summed E-state index contributed by atoms with van der Waals surface area (Å²) in [6.45, 7) is 7.78. The molecule has 0 atom stereocenters. The highest BCUT2D eigenvalue weighted by Gasteiger charge is 2.27. The minimum absolute atomic E-state index is 0.0392. The summed E-state index contributed by atoms with van der Waals surface area (Å²) >= 11 is 0. The lowest BCUT2D eigenvalue weighted by molar-refractivity contribution is -0.125. The second kappa shape index (κ2) is 6.51. The number of carbonyl (C=O) groups excluding carboxylic acids is 2. The molecule has 2 rings (SSSR count). The molecular weight excluding hydrogens is 276 g/mol. The van der Waals surface area contributed by atoms with Crippen molar-refractivity contribution in [1.29, 1.82) is 0 Å². The largest absolute Gasteiger partial charge is 0.359 e. The van der Waals surface area contributed by atoms with E-state index < -0.39 is 0 Å². The van der Waals surface area contributed by atoms with Gasteiger partial charge in [0.2, 0.25) is 5.91 Å². The van der Waals surface area contributed by atoms with Gasteiger partial charge in [-0.3, -0.25) is 9.59 Å². The van der Waals surface area contributed by atoms with Crippen molar-refractivity contribution in [3.8, 4) is 0 Å². The Balaban J connectivity index is 2.00. The lowest BCUT2D eigenvalue weighted by Crippen LogP contribution is -2.42. The van der Waals surface area contributed by atoms with E-state index >= 15 is 0 Å². The van der Waals surface area contributed by atoms with Gasteiger partial charge in [0, 0.05) is 31.6 Å². The minimum Gasteiger partial charge on any atom is -0.359 e. The van der Waals surface area contributed by atoms with Gasteiger partial charge in [0.1, 0.15) is 0 Å². The molecule has 1 aromatic rings. The van der Waals surface area contributed by atoms with Crippen LogP contribution < -0.4 is 5.32 Å². The van der Waals surface area contributed by atoms with E-state index in [2.05, 4.69) is 26.1 Å². The lowest BCUT2D eigenvalue weighted by atomic mass is 9.86. The number of nitrogens with one attached hydrogen (secondary N) is 1. The lowest BCUT2D eigenvalue weighted by Gasteiger charge is -2.31. The van der Waals surface area contributed by atoms with E-state index in [1.807, 2.05) is 29.2 Å². The molecule has 22 heavy (non-hydrogen) atoms. The van der Waals surface area contributed by atoms with Crippen LogP contribution in [0, 0.1) is 5.92 Å². The first kappa shape index (κ1) is 16.5. The van der Waals surface area contributed by atoms with Crippen LogP contribution in [0.5, 0.6) is 0 Å². The summed E-state index contributed by atoms with van der Waals surface area (Å²) in [5, 5.41) is 2.69. The molecule has 120 valence electrons. The van der Waals surface area contributed by atoms with E-state index in [0.717, 1.165) is 18.4 Å². The molecule has 0 spiro atoms. The van der Waals surface area contributed by atoms with Crippen molar-refractivity contribution in [3.05, 3.63) is 35.4 Å². The first-order valence-electron chi connectivity index (χ1n) is 7.94. The van der Waals surface area contributed by atoms with Gasteiger partial charge < -0.3 is 10.2 Å². The van der Waals surface area contributed by atoms with Crippen LogP contribution in [0.1, 0.15) is 49.5 Å². The van der Waals surface area contributed by atoms with Crippen LogP contribution in [0.25, 0.3) is 0 Å². The zero-order valence-electron chi connectivity index (χ0n) is 14.0. The highest BCUT2D eigenvalue weighted by molar-refractivity contribution is 5.94. The molecule has 2 amide bonds. The third-order valence-electron chi connectivity index (χ3n) is 4.40. The number of rotatable bonds is 2. The van der Waals surface area contributed by atoms with Crippen LogP contribution in [0.15, 0.2) is 24.3 Å². The van der Waals surface area contributed by atoms with Gasteiger partial charge in [-0.25, -0.2) is 0 Å². The van der Waals surface area contributed by atoms with E-state index in [9.17, 15) is 9.59 Å². The van der Waals surface area contributed by atoms with Gasteiger partial charge in [-0.1, -0.05) is 32.9 Å². The van der Waals surface area contributed by atoms with E-state index in [0.29, 0.717) is 13.1 Å². The Bertz CT molecular complexity index is 535. The molecule has 4 heteroatoms. The van der Waals surface area contributed by atoms with Crippen LogP contribution in [-0.2, 0) is 10.2 Å². The fourth-order valence-corrected chi connectivity index (χ4v) is 2.84. The average Bonchev–Trinajstić information content (AvgIpc) is 2.53. The van der Waals surface area contributed by atoms with Crippen molar-refractivity contribution < 1.29 is 9.59 Å². The smallest absolute Gasteiger partial charge is 0.253 e. The molecule has 0 radical (unpaired) electrons. The fraction of sp³-hybridized carbons (Fsp3) is 0.556. The van der Waals surface area contributed by atoms with Crippen molar-refractivity contribution in [1.82, 2.24) is 10.2 Å². The second-order valence-electron chi connectivity index (χ2n) is 7.01. The molecule has 1 fully saturated rings. The summed E-state index contributed by atoms with van der Waals surface area (Å²) in [7, 11) is 1.66. The number of hydrogen-bond acceptors (Lipinski definition) is 2. The summed E-state index contributed by atoms with van der Waals surface area (Å²) < 4.78 is 0. The highest BCUT2D eigenvalue weighted by atomic mass is 16.2. The molecule has 0 saturated carbocycles. The van der Waals surface area contributed by atoms with E-state index in [4.69, 9.17) is 0 Å². The summed E-state index contributed by atoms with van der Waals surface area (Å²) in [6.07, 6.45) is 1.48. The van der Waals surface area contributed by atoms with Gasteiger partial charge in [0.15, 0.2) is 0 Å². The van der Waals surface area contributed by atoms with Gasteiger partial charge in [-0.05, 0) is 36.0 Å². The Morgan fingerprint density at radius 1 is 1.09 bits per heavy atom. The number of hydrogen-bond donors (Lipinski definition) is 1. The Labute approximate surface area is 132 Å². The zero-order chi connectivity index (χ0) is 16.3. The molecule has 0 bridgehead atoms. The predicted molar refractivity (Wildman–Crippen MR) is 87.8 cm³/mol. The van der Waals surface area contributed by atoms with Crippen molar-refractivity contribution in [2.75, 3.05) is 20.1 Å². The predicted octanol–water partition coefficient (Wildman–Crippen LogP) is 2.58. The number of benzene rings is 1. The average molecular weight is 302 g/mol. The van der Waals surface area contributed by atoms with Crippen LogP contribution in [0.3, 0.4) is 0 Å². The molecule has 0 aromatic heterocycles. The molecule has 1 aliphatic rings. The first-order chi connectivity index (χ1) is 10.3. The van der Waals surface area contributed by atoms with Crippen molar-refractivity contribution in [3.63, 3.8) is 0 Å². The fourth-order valence-electron chi connectivity index (χ4n) is 2.84. The van der Waals surface area contributed by atoms with E-state index in [1.54, 1.807) is 7.05 Å². The number of piperidine rings is 1. The zero-order valence-corrected chi connectivity index (χ0v) is 14.0. The number of carbonyl (C=O) groups is 2. The third kappa shape index (κ3) is 3.67. The molecule has 1 aromatic carbocycles. The van der Waals surface area contributed by atoms with Gasteiger partial charge in [-0.15, -0.1) is 0 Å². The number of amides is 2. The third-order valence-corrected chi connectivity index (χ3v) is 4.40. The molecule has 4 nitrogen and oxygen atoms in total. The topological polar surface area (TPSA) is 49.4 Å². The molecule has 0 aliphatic carbocycles. The monoisotopic (exact) mass is 302 g/mol. The maximum absolute atomic E-state index is 12.5. The minimum atomic E-state index is 0.0392. The molecule has 1 aliphatic heterocycles. The number of nitrogens with zero attached hydrogens (tertiary/aromatic N) is 1. The first-order valence-corrected chi connectivity index (χ1v) is 7.94. The van der Waals surface area contributed by atoms with Crippen LogP contribution in [-0.4, -0.2) is 36.9 Å². The van der Waals surface area contributed by atoms with Gasteiger partial charge >= 0.3 is 0 Å². The molecule has 1 saturated heterocycles. The van der Waals surface area contributed by atoms with Gasteiger partial charge in [0.05, 0.1) is 0 Å². The summed E-state index contributed by atoms with van der Waals surface area (Å²) in [4.78, 5) is 26.0. The van der Waals surface area contributed by atoms with Gasteiger partial charge in [-0.2, -0.15) is 0 Å². The quantitative estimate of drug-likeness (QED) is 0.913. The Hall–Kier alpha value is -1.84. The summed E-state index contributed by atoms with van der Waals surface area (Å²) in [5.74, 6) is 0.190. The highest BCUT2D eigenvalue weighted by Crippen LogP contribution is 2.23. The molecule has 1 N–H and O–H groups in total. The summed E-state index contributed by atoms with van der Waals surface area (Å²) in [5.41, 5.74) is 2.04. The normalized spacial score (nSPS) is 16.5. The number of likely N-dealkylation sites (tertiary alicyclic amines) is 1. The molecular formula is C18H26N2O2. The van der Waals surface area contributed by atoms with Crippen LogP contribution in [0.4, 0.5) is 0 Å². The van der Waals surface area contributed by atoms with Crippen LogP contribution >= 0.6 is 0 Å². The molecule has 0 unspecified atom stereocenters. The van der Waals surface area contributed by atoms with E-state index in [-0.39, 0.29) is 23.1 Å². The Morgan fingerprint density at radius 2 is 1.64 bits per heavy atom.